The molecule has 0 saturated heterocycles. The number of nitrogens with zero attached hydrogens (tertiary/aromatic N) is 1. The van der Waals surface area contributed by atoms with E-state index in [0.29, 0.717) is 0 Å². The van der Waals surface area contributed by atoms with Crippen molar-refractivity contribution in [1.29, 1.82) is 0 Å². The van der Waals surface area contributed by atoms with E-state index in [2.05, 4.69) is 6.58 Å². The van der Waals surface area contributed by atoms with Crippen LogP contribution in [0.5, 0.6) is 0 Å². The molecule has 0 aliphatic heterocycles. The van der Waals surface area contributed by atoms with E-state index in [-0.39, 0.29) is 23.8 Å². The van der Waals surface area contributed by atoms with Gasteiger partial charge in [-0.25, -0.2) is 0 Å². The molecule has 0 aromatic rings. The maximum atomic E-state index is 14.0. The fourth-order valence-electron chi connectivity index (χ4n) is 2.28. The topological polar surface area (TPSA) is 20.3 Å². The van der Waals surface area contributed by atoms with Gasteiger partial charge >= 0.3 is 47.6 Å². The molecule has 2 nitrogen and oxygen atoms in total. The summed E-state index contributed by atoms with van der Waals surface area (Å²) in [6, 6.07) is 0. The molecule has 0 aromatic carbocycles. The fraction of sp³-hybridized carbons (Fsp3) is 0.812. The molecule has 0 aliphatic carbocycles. The Morgan fingerprint density at radius 1 is 0.657 bits per heavy atom. The average Bonchev–Trinajstić information content (AvgIpc) is 2.68. The number of carbonyl (C=O) groups excluding carboxylic acids is 1. The van der Waals surface area contributed by atoms with E-state index in [1.165, 1.54) is 6.92 Å². The molecule has 208 valence electrons. The van der Waals surface area contributed by atoms with Crippen molar-refractivity contribution >= 4 is 5.91 Å². The Balaban J connectivity index is 6.67. The summed E-state index contributed by atoms with van der Waals surface area (Å²) in [7, 11) is 0. The molecule has 0 bridgehead atoms. The smallest absolute Gasteiger partial charge is 0.333 e. The quantitative estimate of drug-likeness (QED) is 0.190. The van der Waals surface area contributed by atoms with Crippen LogP contribution in [-0.4, -0.2) is 71.5 Å². The Bertz CT molecular complexity index is 771. The van der Waals surface area contributed by atoms with Gasteiger partial charge in [0.2, 0.25) is 5.91 Å². The summed E-state index contributed by atoms with van der Waals surface area (Å²) in [4.78, 5) is 11.1. The van der Waals surface area contributed by atoms with Crippen LogP contribution < -0.4 is 0 Å². The molecule has 0 atom stereocenters. The Kier molecular flexibility index (Phi) is 8.94. The van der Waals surface area contributed by atoms with Gasteiger partial charge in [-0.15, -0.1) is 0 Å². The fourth-order valence-corrected chi connectivity index (χ4v) is 2.28. The van der Waals surface area contributed by atoms with E-state index in [1.807, 2.05) is 0 Å². The van der Waals surface area contributed by atoms with Gasteiger partial charge in [0.1, 0.15) is 0 Å². The number of halogens is 17. The number of hydrogen-bond donors (Lipinski definition) is 0. The summed E-state index contributed by atoms with van der Waals surface area (Å²) in [5.41, 5.74) is 0. The molecule has 0 radical (unpaired) electrons. The predicted molar refractivity (Wildman–Crippen MR) is 82.4 cm³/mol. The van der Waals surface area contributed by atoms with E-state index in [9.17, 15) is 79.4 Å². The molecule has 0 rings (SSSR count). The highest BCUT2D eigenvalue weighted by Gasteiger charge is 2.95. The van der Waals surface area contributed by atoms with Crippen LogP contribution in [0.15, 0.2) is 12.7 Å². The summed E-state index contributed by atoms with van der Waals surface area (Å²) in [6.45, 7) is 0.202. The minimum atomic E-state index is -8.68. The Morgan fingerprint density at radius 3 is 1.31 bits per heavy atom. The van der Waals surface area contributed by atoms with Crippen molar-refractivity contribution in [3.05, 3.63) is 12.7 Å². The minimum absolute atomic E-state index is 0.0336. The maximum Gasteiger partial charge on any atom is 0.460 e. The first-order chi connectivity index (χ1) is 15.2. The second kappa shape index (κ2) is 9.48. The highest BCUT2D eigenvalue weighted by atomic mass is 19.4. The molecule has 35 heavy (non-hydrogen) atoms. The zero-order valence-corrected chi connectivity index (χ0v) is 16.9. The standard InChI is InChI=1S/C16H14F17NO/c1-3-5-6-34(8(35)4-2)7-9(17,18)10(19,20)11(21,22)12(23,24)13(25,26)14(27,28)15(29,30)16(31,32)33/h4H,2-3,5-7H2,1H3. The van der Waals surface area contributed by atoms with E-state index < -0.39 is 66.6 Å². The molecule has 0 spiro atoms. The van der Waals surface area contributed by atoms with Crippen molar-refractivity contribution in [1.82, 2.24) is 4.90 Å². The molecule has 0 fully saturated rings. The molecule has 0 aromatic heterocycles. The van der Waals surface area contributed by atoms with Gasteiger partial charge in [-0.3, -0.25) is 4.79 Å². The lowest BCUT2D eigenvalue weighted by Gasteiger charge is -2.43. The molecule has 0 saturated carbocycles. The van der Waals surface area contributed by atoms with Gasteiger partial charge in [0, 0.05) is 6.54 Å². The zero-order valence-electron chi connectivity index (χ0n) is 16.9. The van der Waals surface area contributed by atoms with Crippen molar-refractivity contribution < 1.29 is 79.4 Å². The summed E-state index contributed by atoms with van der Waals surface area (Å²) >= 11 is 0. The second-order valence-electron chi connectivity index (χ2n) is 6.97. The average molecular weight is 559 g/mol. The van der Waals surface area contributed by atoms with Gasteiger partial charge in [0.05, 0.1) is 6.54 Å². The Labute approximate surface area is 184 Å². The van der Waals surface area contributed by atoms with Crippen LogP contribution in [0.3, 0.4) is 0 Å². The molecule has 0 N–H and O–H groups in total. The van der Waals surface area contributed by atoms with Crippen molar-refractivity contribution in [3.8, 4) is 0 Å². The van der Waals surface area contributed by atoms with Crippen LogP contribution in [0.4, 0.5) is 74.6 Å². The van der Waals surface area contributed by atoms with Crippen molar-refractivity contribution in [2.24, 2.45) is 0 Å². The summed E-state index contributed by atoms with van der Waals surface area (Å²) in [5, 5.41) is 0. The summed E-state index contributed by atoms with van der Waals surface area (Å²) in [5.74, 6) is -58.6. The van der Waals surface area contributed by atoms with Gasteiger partial charge in [-0.2, -0.15) is 74.6 Å². The van der Waals surface area contributed by atoms with Crippen LogP contribution in [0.2, 0.25) is 0 Å². The third-order valence-electron chi connectivity index (χ3n) is 4.44. The number of alkyl halides is 17. The molecule has 1 amide bonds. The van der Waals surface area contributed by atoms with Crippen LogP contribution in [0.1, 0.15) is 19.8 Å². The van der Waals surface area contributed by atoms with Crippen LogP contribution >= 0.6 is 0 Å². The van der Waals surface area contributed by atoms with Gasteiger partial charge in [-0.05, 0) is 12.5 Å². The zero-order chi connectivity index (χ0) is 28.7. The van der Waals surface area contributed by atoms with Gasteiger partial charge in [0.25, 0.3) is 0 Å². The molecule has 0 unspecified atom stereocenters. The highest BCUT2D eigenvalue weighted by Crippen LogP contribution is 2.63. The van der Waals surface area contributed by atoms with Crippen LogP contribution in [0, 0.1) is 0 Å². The van der Waals surface area contributed by atoms with E-state index in [0.717, 1.165) is 0 Å². The number of rotatable bonds is 12. The van der Waals surface area contributed by atoms with Crippen molar-refractivity contribution in [2.75, 3.05) is 13.1 Å². The minimum Gasteiger partial charge on any atom is -0.333 e. The first-order valence-electron chi connectivity index (χ1n) is 8.78. The van der Waals surface area contributed by atoms with Crippen LogP contribution in [0.25, 0.3) is 0 Å². The molecular formula is C16H14F17NO. The maximum absolute atomic E-state index is 14.0. The van der Waals surface area contributed by atoms with Crippen LogP contribution in [-0.2, 0) is 4.79 Å². The molecule has 0 heterocycles. The SMILES string of the molecule is C=CC(=O)N(CCCC)CC(F)(F)C(F)(F)C(F)(F)C(F)(F)C(F)(F)C(F)(F)C(F)(F)C(F)(F)F. The molecule has 0 aliphatic rings. The molecular weight excluding hydrogens is 545 g/mol. The number of carbonyl (C=O) groups is 1. The number of amides is 1. The predicted octanol–water partition coefficient (Wildman–Crippen LogP) is 6.81. The Morgan fingerprint density at radius 2 is 1.00 bits per heavy atom. The van der Waals surface area contributed by atoms with E-state index >= 15 is 0 Å². The number of unbranched alkanes of at least 4 members (excludes halogenated alkanes) is 1. The monoisotopic (exact) mass is 559 g/mol. The lowest BCUT2D eigenvalue weighted by molar-refractivity contribution is -0.461. The third kappa shape index (κ3) is 4.99. The first-order valence-corrected chi connectivity index (χ1v) is 8.78. The normalized spacial score (nSPS) is 15.3. The van der Waals surface area contributed by atoms with E-state index in [1.54, 1.807) is 0 Å². The summed E-state index contributed by atoms with van der Waals surface area (Å²) in [6.07, 6.45) is -7.91. The van der Waals surface area contributed by atoms with Gasteiger partial charge in [-0.1, -0.05) is 19.9 Å². The third-order valence-corrected chi connectivity index (χ3v) is 4.44. The lowest BCUT2D eigenvalue weighted by atomic mass is 9.89. The van der Waals surface area contributed by atoms with Gasteiger partial charge in [0.15, 0.2) is 0 Å². The summed E-state index contributed by atoms with van der Waals surface area (Å²) < 4.78 is 225. The number of hydrogen-bond acceptors (Lipinski definition) is 1. The van der Waals surface area contributed by atoms with Gasteiger partial charge < -0.3 is 4.90 Å². The van der Waals surface area contributed by atoms with Crippen molar-refractivity contribution in [2.45, 2.75) is 67.4 Å². The largest absolute Gasteiger partial charge is 0.460 e. The first kappa shape index (κ1) is 33.0. The molecule has 19 heteroatoms. The Hall–Kier alpha value is -1.98. The highest BCUT2D eigenvalue weighted by molar-refractivity contribution is 5.87. The van der Waals surface area contributed by atoms with Crippen molar-refractivity contribution in [3.63, 3.8) is 0 Å². The van der Waals surface area contributed by atoms with E-state index in [4.69, 9.17) is 0 Å². The lowest BCUT2D eigenvalue weighted by Crippen LogP contribution is -2.75. The second-order valence-corrected chi connectivity index (χ2v) is 6.97.